The van der Waals surface area contributed by atoms with E-state index in [1.807, 2.05) is 20.8 Å². The molecule has 3 heterocycles. The normalized spacial score (nSPS) is 22.5. The topological polar surface area (TPSA) is 84.5 Å². The van der Waals surface area contributed by atoms with Crippen molar-refractivity contribution < 1.29 is 14.3 Å². The molecule has 0 aliphatic carbocycles. The van der Waals surface area contributed by atoms with E-state index in [1.54, 1.807) is 13.8 Å². The van der Waals surface area contributed by atoms with E-state index in [-0.39, 0.29) is 23.8 Å². The summed E-state index contributed by atoms with van der Waals surface area (Å²) in [6.07, 6.45) is 0.270. The third kappa shape index (κ3) is 3.54. The summed E-state index contributed by atoms with van der Waals surface area (Å²) >= 11 is 1.22. The monoisotopic (exact) mass is 379 g/mol. The van der Waals surface area contributed by atoms with Crippen LogP contribution in [-0.2, 0) is 9.47 Å². The van der Waals surface area contributed by atoms with Gasteiger partial charge in [-0.2, -0.15) is 0 Å². The Hall–Kier alpha value is -1.77. The molecule has 1 N–H and O–H groups in total. The van der Waals surface area contributed by atoms with Crippen molar-refractivity contribution >= 4 is 27.5 Å². The van der Waals surface area contributed by atoms with Crippen LogP contribution in [0.25, 0.3) is 10.2 Å². The number of H-pyrrole nitrogens is 1. The van der Waals surface area contributed by atoms with Crippen molar-refractivity contribution in [2.24, 2.45) is 0 Å². The Kier molecular flexibility index (Phi) is 5.45. The number of hydrogen-bond acceptors (Lipinski definition) is 7. The molecule has 26 heavy (non-hydrogen) atoms. The van der Waals surface area contributed by atoms with Crippen LogP contribution >= 0.6 is 11.3 Å². The summed E-state index contributed by atoms with van der Waals surface area (Å²) in [5, 5.41) is 0.470. The van der Waals surface area contributed by atoms with Crippen LogP contribution in [0.5, 0.6) is 0 Å². The summed E-state index contributed by atoms with van der Waals surface area (Å²) < 4.78 is 10.9. The first kappa shape index (κ1) is 19.0. The van der Waals surface area contributed by atoms with Gasteiger partial charge in [0.15, 0.2) is 0 Å². The lowest BCUT2D eigenvalue weighted by Crippen LogP contribution is -2.46. The van der Waals surface area contributed by atoms with Crippen molar-refractivity contribution in [2.75, 3.05) is 19.7 Å². The summed E-state index contributed by atoms with van der Waals surface area (Å²) in [5.74, 6) is 0.207. The van der Waals surface area contributed by atoms with Gasteiger partial charge in [0, 0.05) is 13.1 Å². The van der Waals surface area contributed by atoms with Crippen LogP contribution in [-0.4, -0.2) is 52.7 Å². The lowest BCUT2D eigenvalue weighted by atomic mass is 10.1. The standard InChI is InChI=1S/C18H25N3O4S/c1-6-24-18(23)14-11(4)13-16(22)19-15(20-17(13)26-14)12(5)21-7-9(2)25-10(3)8-21/h9-10,12H,6-8H2,1-5H3,(H,19,20,22). The predicted molar refractivity (Wildman–Crippen MR) is 101 cm³/mol. The largest absolute Gasteiger partial charge is 0.462 e. The number of fused-ring (bicyclic) bond motifs is 1. The fraction of sp³-hybridized carbons (Fsp3) is 0.611. The lowest BCUT2D eigenvalue weighted by molar-refractivity contribution is -0.0797. The Balaban J connectivity index is 1.98. The smallest absolute Gasteiger partial charge is 0.348 e. The molecule has 1 saturated heterocycles. The fourth-order valence-electron chi connectivity index (χ4n) is 3.46. The Morgan fingerprint density at radius 2 is 2.08 bits per heavy atom. The number of aryl methyl sites for hydroxylation is 1. The number of nitrogens with zero attached hydrogens (tertiary/aromatic N) is 2. The fourth-order valence-corrected chi connectivity index (χ4v) is 4.54. The highest BCUT2D eigenvalue weighted by Crippen LogP contribution is 2.29. The second kappa shape index (κ2) is 7.46. The van der Waals surface area contributed by atoms with E-state index in [1.165, 1.54) is 11.3 Å². The molecule has 3 unspecified atom stereocenters. The Morgan fingerprint density at radius 1 is 1.42 bits per heavy atom. The van der Waals surface area contributed by atoms with Crippen molar-refractivity contribution in [3.63, 3.8) is 0 Å². The molecule has 1 aliphatic heterocycles. The van der Waals surface area contributed by atoms with E-state index < -0.39 is 5.97 Å². The number of morpholine rings is 1. The molecular weight excluding hydrogens is 354 g/mol. The average molecular weight is 379 g/mol. The molecule has 1 aliphatic rings. The third-order valence-electron chi connectivity index (χ3n) is 4.67. The Bertz CT molecular complexity index is 865. The van der Waals surface area contributed by atoms with Crippen LogP contribution in [0, 0.1) is 6.92 Å². The molecule has 1 fully saturated rings. The Morgan fingerprint density at radius 3 is 2.69 bits per heavy atom. The second-order valence-corrected chi connectivity index (χ2v) is 7.79. The minimum atomic E-state index is -0.405. The Labute approximate surface area is 156 Å². The molecule has 2 aromatic heterocycles. The molecule has 3 rings (SSSR count). The first-order chi connectivity index (χ1) is 12.3. The van der Waals surface area contributed by atoms with Crippen LogP contribution in [0.15, 0.2) is 4.79 Å². The van der Waals surface area contributed by atoms with Crippen LogP contribution in [0.4, 0.5) is 0 Å². The van der Waals surface area contributed by atoms with Crippen LogP contribution < -0.4 is 5.56 Å². The molecule has 8 heteroatoms. The molecule has 0 bridgehead atoms. The number of rotatable bonds is 4. The molecule has 0 aromatic carbocycles. The van der Waals surface area contributed by atoms with Gasteiger partial charge in [0.1, 0.15) is 15.5 Å². The third-order valence-corrected chi connectivity index (χ3v) is 5.84. The molecule has 142 valence electrons. The zero-order valence-corrected chi connectivity index (χ0v) is 16.6. The van der Waals surface area contributed by atoms with Crippen molar-refractivity contribution in [3.05, 3.63) is 26.6 Å². The molecule has 2 aromatic rings. The van der Waals surface area contributed by atoms with Crippen LogP contribution in [0.3, 0.4) is 0 Å². The molecule has 0 saturated carbocycles. The van der Waals surface area contributed by atoms with Gasteiger partial charge >= 0.3 is 5.97 Å². The van der Waals surface area contributed by atoms with Crippen LogP contribution in [0.1, 0.15) is 54.8 Å². The van der Waals surface area contributed by atoms with Gasteiger partial charge in [0.25, 0.3) is 5.56 Å². The molecule has 3 atom stereocenters. The summed E-state index contributed by atoms with van der Waals surface area (Å²) in [6, 6.07) is -0.0469. The van der Waals surface area contributed by atoms with Gasteiger partial charge < -0.3 is 14.5 Å². The maximum absolute atomic E-state index is 12.6. The minimum Gasteiger partial charge on any atom is -0.462 e. The van der Waals surface area contributed by atoms with Gasteiger partial charge in [-0.15, -0.1) is 11.3 Å². The first-order valence-electron chi connectivity index (χ1n) is 8.91. The predicted octanol–water partition coefficient (Wildman–Crippen LogP) is 2.64. The zero-order chi connectivity index (χ0) is 19.0. The molecular formula is C18H25N3O4S. The number of carbonyl (C=O) groups excluding carboxylic acids is 1. The highest BCUT2D eigenvalue weighted by Gasteiger charge is 2.28. The summed E-state index contributed by atoms with van der Waals surface area (Å²) in [4.78, 5) is 35.6. The lowest BCUT2D eigenvalue weighted by Gasteiger charge is -2.38. The number of aromatic nitrogens is 2. The van der Waals surface area contributed by atoms with Gasteiger partial charge in [-0.05, 0) is 40.2 Å². The minimum absolute atomic E-state index is 0.0469. The van der Waals surface area contributed by atoms with Gasteiger partial charge in [-0.3, -0.25) is 9.69 Å². The van der Waals surface area contributed by atoms with E-state index in [0.29, 0.717) is 33.1 Å². The van der Waals surface area contributed by atoms with Crippen molar-refractivity contribution in [2.45, 2.75) is 52.9 Å². The number of nitrogens with one attached hydrogen (secondary N) is 1. The summed E-state index contributed by atoms with van der Waals surface area (Å²) in [5.41, 5.74) is 0.417. The average Bonchev–Trinajstić information content (AvgIpc) is 2.90. The maximum atomic E-state index is 12.6. The zero-order valence-electron chi connectivity index (χ0n) is 15.8. The quantitative estimate of drug-likeness (QED) is 0.822. The molecule has 0 spiro atoms. The molecule has 0 radical (unpaired) electrons. The van der Waals surface area contributed by atoms with Crippen molar-refractivity contribution in [3.8, 4) is 0 Å². The van der Waals surface area contributed by atoms with Gasteiger partial charge in [0.2, 0.25) is 0 Å². The van der Waals surface area contributed by atoms with Crippen molar-refractivity contribution in [1.29, 1.82) is 0 Å². The second-order valence-electron chi connectivity index (χ2n) is 6.80. The van der Waals surface area contributed by atoms with E-state index >= 15 is 0 Å². The highest BCUT2D eigenvalue weighted by molar-refractivity contribution is 7.20. The highest BCUT2D eigenvalue weighted by atomic mass is 32.1. The van der Waals surface area contributed by atoms with E-state index in [0.717, 1.165) is 13.1 Å². The van der Waals surface area contributed by atoms with E-state index in [9.17, 15) is 9.59 Å². The molecule has 7 nitrogen and oxygen atoms in total. The number of ether oxygens (including phenoxy) is 2. The number of thiophene rings is 1. The van der Waals surface area contributed by atoms with E-state index in [2.05, 4.69) is 14.9 Å². The van der Waals surface area contributed by atoms with E-state index in [4.69, 9.17) is 9.47 Å². The van der Waals surface area contributed by atoms with Crippen molar-refractivity contribution in [1.82, 2.24) is 14.9 Å². The van der Waals surface area contributed by atoms with Crippen LogP contribution in [0.2, 0.25) is 0 Å². The van der Waals surface area contributed by atoms with Gasteiger partial charge in [-0.1, -0.05) is 0 Å². The molecule has 0 amide bonds. The number of hydrogen-bond donors (Lipinski definition) is 1. The summed E-state index contributed by atoms with van der Waals surface area (Å²) in [6.45, 7) is 11.5. The maximum Gasteiger partial charge on any atom is 0.348 e. The SMILES string of the molecule is CCOC(=O)c1sc2nc(C(C)N3CC(C)OC(C)C3)[nH]c(=O)c2c1C. The summed E-state index contributed by atoms with van der Waals surface area (Å²) in [7, 11) is 0. The van der Waals surface area contributed by atoms with Gasteiger partial charge in [0.05, 0.1) is 30.2 Å². The number of esters is 1. The van der Waals surface area contributed by atoms with Gasteiger partial charge in [-0.25, -0.2) is 9.78 Å². The first-order valence-corrected chi connectivity index (χ1v) is 9.73. The number of aromatic amines is 1. The number of carbonyl (C=O) groups is 1.